The standard InChI is InChI=1S/C8H17NO5/c1-6(11)7(12)8(13)9-2-4-14-5-3-10/h6-7,10-12H,2-5H2,1H3,(H,9,13). The fourth-order valence-electron chi connectivity index (χ4n) is 0.737. The van der Waals surface area contributed by atoms with Crippen LogP contribution in [0.15, 0.2) is 0 Å². The van der Waals surface area contributed by atoms with Gasteiger partial charge in [-0.3, -0.25) is 4.79 Å². The van der Waals surface area contributed by atoms with Crippen molar-refractivity contribution in [1.82, 2.24) is 5.32 Å². The first-order valence-electron chi connectivity index (χ1n) is 4.42. The third kappa shape index (κ3) is 5.87. The van der Waals surface area contributed by atoms with Gasteiger partial charge in [0.05, 0.1) is 25.9 Å². The molecule has 6 nitrogen and oxygen atoms in total. The topological polar surface area (TPSA) is 99.0 Å². The van der Waals surface area contributed by atoms with Gasteiger partial charge in [0, 0.05) is 6.54 Å². The number of amides is 1. The molecule has 0 aliphatic carbocycles. The predicted molar refractivity (Wildman–Crippen MR) is 48.6 cm³/mol. The average Bonchev–Trinajstić information content (AvgIpc) is 2.16. The van der Waals surface area contributed by atoms with Crippen molar-refractivity contribution in [1.29, 1.82) is 0 Å². The zero-order valence-corrected chi connectivity index (χ0v) is 8.14. The molecule has 0 fully saturated rings. The maximum Gasteiger partial charge on any atom is 0.251 e. The van der Waals surface area contributed by atoms with E-state index >= 15 is 0 Å². The lowest BCUT2D eigenvalue weighted by Gasteiger charge is -2.13. The van der Waals surface area contributed by atoms with E-state index in [9.17, 15) is 4.79 Å². The largest absolute Gasteiger partial charge is 0.394 e. The predicted octanol–water partition coefficient (Wildman–Crippen LogP) is -2.15. The molecule has 0 heterocycles. The number of carbonyl (C=O) groups excluding carboxylic acids is 1. The van der Waals surface area contributed by atoms with Crippen LogP contribution in [0.25, 0.3) is 0 Å². The van der Waals surface area contributed by atoms with Gasteiger partial charge in [-0.05, 0) is 6.92 Å². The van der Waals surface area contributed by atoms with Crippen molar-refractivity contribution in [2.45, 2.75) is 19.1 Å². The number of hydrogen-bond donors (Lipinski definition) is 4. The molecule has 0 radical (unpaired) electrons. The van der Waals surface area contributed by atoms with Gasteiger partial charge < -0.3 is 25.4 Å². The normalized spacial score (nSPS) is 14.9. The third-order valence-electron chi connectivity index (χ3n) is 1.51. The molecule has 0 spiro atoms. The Kier molecular flexibility index (Phi) is 7.31. The number of nitrogens with one attached hydrogen (secondary N) is 1. The van der Waals surface area contributed by atoms with Gasteiger partial charge in [0.1, 0.15) is 0 Å². The van der Waals surface area contributed by atoms with Crippen LogP contribution in [0.3, 0.4) is 0 Å². The van der Waals surface area contributed by atoms with Gasteiger partial charge in [-0.1, -0.05) is 0 Å². The first-order valence-corrected chi connectivity index (χ1v) is 4.42. The summed E-state index contributed by atoms with van der Waals surface area (Å²) in [4.78, 5) is 11.0. The Bertz CT molecular complexity index is 162. The summed E-state index contributed by atoms with van der Waals surface area (Å²) in [7, 11) is 0. The van der Waals surface area contributed by atoms with E-state index in [0.29, 0.717) is 0 Å². The van der Waals surface area contributed by atoms with Crippen LogP contribution in [0, 0.1) is 0 Å². The molecule has 14 heavy (non-hydrogen) atoms. The number of rotatable bonds is 7. The van der Waals surface area contributed by atoms with Crippen molar-refractivity contribution in [2.24, 2.45) is 0 Å². The van der Waals surface area contributed by atoms with Gasteiger partial charge in [-0.15, -0.1) is 0 Å². The number of hydrogen-bond acceptors (Lipinski definition) is 5. The summed E-state index contributed by atoms with van der Waals surface area (Å²) in [5, 5.41) is 28.6. The molecule has 0 aromatic heterocycles. The minimum atomic E-state index is -1.41. The molecule has 0 bridgehead atoms. The smallest absolute Gasteiger partial charge is 0.251 e. The fourth-order valence-corrected chi connectivity index (χ4v) is 0.737. The maximum atomic E-state index is 11.0. The Morgan fingerprint density at radius 3 is 2.57 bits per heavy atom. The van der Waals surface area contributed by atoms with Crippen molar-refractivity contribution in [3.63, 3.8) is 0 Å². The van der Waals surface area contributed by atoms with Crippen LogP contribution in [-0.4, -0.2) is 59.8 Å². The van der Waals surface area contributed by atoms with Crippen LogP contribution in [0.2, 0.25) is 0 Å². The van der Waals surface area contributed by atoms with Crippen LogP contribution in [-0.2, 0) is 9.53 Å². The van der Waals surface area contributed by atoms with Crippen molar-refractivity contribution in [3.8, 4) is 0 Å². The van der Waals surface area contributed by atoms with Crippen molar-refractivity contribution < 1.29 is 24.9 Å². The number of ether oxygens (including phenoxy) is 1. The highest BCUT2D eigenvalue weighted by Gasteiger charge is 2.19. The van der Waals surface area contributed by atoms with Crippen molar-refractivity contribution >= 4 is 5.91 Å². The number of aliphatic hydroxyl groups is 3. The van der Waals surface area contributed by atoms with Gasteiger partial charge in [-0.25, -0.2) is 0 Å². The monoisotopic (exact) mass is 207 g/mol. The summed E-state index contributed by atoms with van der Waals surface area (Å²) < 4.78 is 4.86. The van der Waals surface area contributed by atoms with E-state index in [1.54, 1.807) is 0 Å². The fraction of sp³-hybridized carbons (Fsp3) is 0.875. The van der Waals surface area contributed by atoms with Crippen LogP contribution in [0.5, 0.6) is 0 Å². The SMILES string of the molecule is CC(O)C(O)C(=O)NCCOCCO. The molecular weight excluding hydrogens is 190 g/mol. The van der Waals surface area contributed by atoms with E-state index in [1.807, 2.05) is 0 Å². The second kappa shape index (κ2) is 7.69. The Morgan fingerprint density at radius 1 is 1.43 bits per heavy atom. The Balaban J connectivity index is 3.44. The van der Waals surface area contributed by atoms with E-state index in [4.69, 9.17) is 20.1 Å². The van der Waals surface area contributed by atoms with Crippen molar-refractivity contribution in [2.75, 3.05) is 26.4 Å². The van der Waals surface area contributed by atoms with Gasteiger partial charge in [0.25, 0.3) is 5.91 Å². The number of carbonyl (C=O) groups is 1. The third-order valence-corrected chi connectivity index (χ3v) is 1.51. The Hall–Kier alpha value is -0.690. The highest BCUT2D eigenvalue weighted by Crippen LogP contribution is 1.90. The molecule has 0 saturated carbocycles. The van der Waals surface area contributed by atoms with E-state index in [2.05, 4.69) is 5.32 Å². The minimum Gasteiger partial charge on any atom is -0.394 e. The Labute approximate surface area is 82.5 Å². The summed E-state index contributed by atoms with van der Waals surface area (Å²) in [6.45, 7) is 1.98. The van der Waals surface area contributed by atoms with Crippen LogP contribution in [0.1, 0.15) is 6.92 Å². The van der Waals surface area contributed by atoms with Gasteiger partial charge >= 0.3 is 0 Å². The second-order valence-electron chi connectivity index (χ2n) is 2.81. The minimum absolute atomic E-state index is 0.0652. The van der Waals surface area contributed by atoms with E-state index < -0.39 is 18.1 Å². The van der Waals surface area contributed by atoms with Gasteiger partial charge in [-0.2, -0.15) is 0 Å². The molecule has 2 atom stereocenters. The van der Waals surface area contributed by atoms with Crippen LogP contribution in [0.4, 0.5) is 0 Å². The summed E-state index contributed by atoms with van der Waals surface area (Å²) in [6, 6.07) is 0. The molecule has 0 aliphatic heterocycles. The maximum absolute atomic E-state index is 11.0. The summed E-state index contributed by atoms with van der Waals surface area (Å²) in [5.41, 5.74) is 0. The molecule has 0 aliphatic rings. The summed E-state index contributed by atoms with van der Waals surface area (Å²) in [6.07, 6.45) is -2.50. The van der Waals surface area contributed by atoms with E-state index in [1.165, 1.54) is 6.92 Å². The van der Waals surface area contributed by atoms with Crippen LogP contribution < -0.4 is 5.32 Å². The molecule has 1 amide bonds. The first kappa shape index (κ1) is 13.3. The van der Waals surface area contributed by atoms with Gasteiger partial charge in [0.2, 0.25) is 0 Å². The molecule has 84 valence electrons. The second-order valence-corrected chi connectivity index (χ2v) is 2.81. The molecule has 6 heteroatoms. The molecular formula is C8H17NO5. The zero-order chi connectivity index (χ0) is 11.0. The summed E-state index contributed by atoms with van der Waals surface area (Å²) >= 11 is 0. The number of aliphatic hydroxyl groups excluding tert-OH is 3. The van der Waals surface area contributed by atoms with E-state index in [-0.39, 0.29) is 26.4 Å². The average molecular weight is 207 g/mol. The highest BCUT2D eigenvalue weighted by molar-refractivity contribution is 5.80. The van der Waals surface area contributed by atoms with Crippen LogP contribution >= 0.6 is 0 Å². The lowest BCUT2D eigenvalue weighted by molar-refractivity contribution is -0.134. The van der Waals surface area contributed by atoms with Crippen molar-refractivity contribution in [3.05, 3.63) is 0 Å². The highest BCUT2D eigenvalue weighted by atomic mass is 16.5. The molecule has 4 N–H and O–H groups in total. The molecule has 2 unspecified atom stereocenters. The molecule has 0 aromatic rings. The zero-order valence-electron chi connectivity index (χ0n) is 8.14. The lowest BCUT2D eigenvalue weighted by Crippen LogP contribution is -2.42. The molecule has 0 saturated heterocycles. The Morgan fingerprint density at radius 2 is 2.07 bits per heavy atom. The van der Waals surface area contributed by atoms with Gasteiger partial charge in [0.15, 0.2) is 6.10 Å². The summed E-state index contributed by atoms with van der Waals surface area (Å²) in [5.74, 6) is -0.632. The molecule has 0 aromatic carbocycles. The molecule has 0 rings (SSSR count). The first-order chi connectivity index (χ1) is 6.59. The van der Waals surface area contributed by atoms with E-state index in [0.717, 1.165) is 0 Å². The lowest BCUT2D eigenvalue weighted by atomic mass is 10.2. The quantitative estimate of drug-likeness (QED) is 0.357.